The first kappa shape index (κ1) is 15.4. The van der Waals surface area contributed by atoms with Crippen molar-refractivity contribution in [2.75, 3.05) is 5.73 Å². The first-order valence-corrected chi connectivity index (χ1v) is 7.45. The predicted octanol–water partition coefficient (Wildman–Crippen LogP) is 4.18. The lowest BCUT2D eigenvalue weighted by Crippen LogP contribution is -2.10. The van der Waals surface area contributed by atoms with Crippen molar-refractivity contribution in [2.45, 2.75) is 46.1 Å². The van der Waals surface area contributed by atoms with Crippen LogP contribution in [0.3, 0.4) is 0 Å². The first-order valence-electron chi connectivity index (χ1n) is 7.45. The highest BCUT2D eigenvalue weighted by Gasteiger charge is 2.16. The van der Waals surface area contributed by atoms with Crippen LogP contribution in [0.15, 0.2) is 36.9 Å². The van der Waals surface area contributed by atoms with Crippen molar-refractivity contribution in [3.8, 4) is 11.3 Å². The number of allylic oxidation sites excluding steroid dienone is 1. The Kier molecular flexibility index (Phi) is 4.21. The largest absolute Gasteiger partial charge is 0.383 e. The average molecular weight is 283 g/mol. The van der Waals surface area contributed by atoms with Gasteiger partial charge in [-0.3, -0.25) is 0 Å². The summed E-state index contributed by atoms with van der Waals surface area (Å²) in [5.74, 6) is 1.72. The fraction of sp³-hybridized carbons (Fsp3) is 0.389. The van der Waals surface area contributed by atoms with E-state index in [4.69, 9.17) is 10.7 Å². The lowest BCUT2D eigenvalue weighted by molar-refractivity contribution is 0.590. The number of aromatic nitrogens is 2. The van der Waals surface area contributed by atoms with Crippen LogP contribution in [-0.2, 0) is 18.4 Å². The molecule has 0 amide bonds. The van der Waals surface area contributed by atoms with Crippen LogP contribution in [0.5, 0.6) is 0 Å². The third kappa shape index (κ3) is 3.02. The maximum Gasteiger partial charge on any atom is 0.132 e. The van der Waals surface area contributed by atoms with Crippen LogP contribution in [0.4, 0.5) is 5.82 Å². The van der Waals surface area contributed by atoms with Crippen LogP contribution in [0.1, 0.15) is 39.1 Å². The molecule has 0 aliphatic heterocycles. The number of benzene rings is 1. The molecule has 1 aromatic carbocycles. The molecule has 2 aromatic rings. The van der Waals surface area contributed by atoms with Crippen LogP contribution >= 0.6 is 0 Å². The van der Waals surface area contributed by atoms with E-state index >= 15 is 0 Å². The Morgan fingerprint density at radius 3 is 2.33 bits per heavy atom. The lowest BCUT2D eigenvalue weighted by atomic mass is 9.86. The fourth-order valence-electron chi connectivity index (χ4n) is 2.46. The lowest BCUT2D eigenvalue weighted by Gasteiger charge is -2.19. The highest BCUT2D eigenvalue weighted by Crippen LogP contribution is 2.29. The standard InChI is InChI=1S/C18H25N3/c1-6-12-21-15(7-2)20-16(17(21)19)13-8-10-14(11-9-13)18(3,4)5/h6,8-11H,1,7,12,19H2,2-5H3. The number of nitrogens with two attached hydrogens (primary N) is 1. The molecule has 0 radical (unpaired) electrons. The van der Waals surface area contributed by atoms with Gasteiger partial charge in [-0.05, 0) is 11.0 Å². The monoisotopic (exact) mass is 283 g/mol. The zero-order valence-electron chi connectivity index (χ0n) is 13.5. The summed E-state index contributed by atoms with van der Waals surface area (Å²) in [6, 6.07) is 8.54. The van der Waals surface area contributed by atoms with E-state index in [1.165, 1.54) is 5.56 Å². The Hall–Kier alpha value is -2.03. The molecule has 0 saturated heterocycles. The fourth-order valence-corrected chi connectivity index (χ4v) is 2.46. The Morgan fingerprint density at radius 2 is 1.86 bits per heavy atom. The number of aryl methyl sites for hydroxylation is 1. The van der Waals surface area contributed by atoms with Crippen LogP contribution in [0.25, 0.3) is 11.3 Å². The molecule has 0 fully saturated rings. The molecule has 112 valence electrons. The third-order valence-corrected chi connectivity index (χ3v) is 3.74. The molecular weight excluding hydrogens is 258 g/mol. The second-order valence-electron chi connectivity index (χ2n) is 6.34. The summed E-state index contributed by atoms with van der Waals surface area (Å²) in [4.78, 5) is 4.70. The quantitative estimate of drug-likeness (QED) is 0.855. The molecule has 0 aliphatic carbocycles. The highest BCUT2D eigenvalue weighted by molar-refractivity contribution is 5.71. The van der Waals surface area contributed by atoms with Gasteiger partial charge < -0.3 is 10.3 Å². The SMILES string of the molecule is C=CCn1c(CC)nc(-c2ccc(C(C)(C)C)cc2)c1N. The molecule has 3 heteroatoms. The molecule has 21 heavy (non-hydrogen) atoms. The minimum Gasteiger partial charge on any atom is -0.383 e. The van der Waals surface area contributed by atoms with Gasteiger partial charge in [-0.25, -0.2) is 4.98 Å². The summed E-state index contributed by atoms with van der Waals surface area (Å²) in [5.41, 5.74) is 9.68. The van der Waals surface area contributed by atoms with Gasteiger partial charge in [-0.2, -0.15) is 0 Å². The average Bonchev–Trinajstić information content (AvgIpc) is 2.76. The smallest absolute Gasteiger partial charge is 0.132 e. The molecule has 0 spiro atoms. The van der Waals surface area contributed by atoms with Crippen molar-refractivity contribution in [2.24, 2.45) is 0 Å². The summed E-state index contributed by atoms with van der Waals surface area (Å²) < 4.78 is 2.03. The molecule has 3 nitrogen and oxygen atoms in total. The summed E-state index contributed by atoms with van der Waals surface area (Å²) in [5, 5.41) is 0. The highest BCUT2D eigenvalue weighted by atomic mass is 15.1. The molecule has 0 atom stereocenters. The third-order valence-electron chi connectivity index (χ3n) is 3.74. The van der Waals surface area contributed by atoms with Gasteiger partial charge in [-0.15, -0.1) is 6.58 Å². The van der Waals surface area contributed by atoms with Crippen LogP contribution in [0.2, 0.25) is 0 Å². The summed E-state index contributed by atoms with van der Waals surface area (Å²) in [6.07, 6.45) is 2.71. The van der Waals surface area contributed by atoms with Crippen molar-refractivity contribution in [1.29, 1.82) is 0 Å². The predicted molar refractivity (Wildman–Crippen MR) is 90.4 cm³/mol. The van der Waals surface area contributed by atoms with Gasteiger partial charge in [0.2, 0.25) is 0 Å². The van der Waals surface area contributed by atoms with Gasteiger partial charge in [-0.1, -0.05) is 58.0 Å². The number of nitrogen functional groups attached to an aromatic ring is 1. The normalized spacial score (nSPS) is 11.6. The number of nitrogens with zero attached hydrogens (tertiary/aromatic N) is 2. The van der Waals surface area contributed by atoms with Crippen molar-refractivity contribution in [1.82, 2.24) is 9.55 Å². The molecule has 2 N–H and O–H groups in total. The van der Waals surface area contributed by atoms with Gasteiger partial charge in [0.1, 0.15) is 17.3 Å². The van der Waals surface area contributed by atoms with Crippen LogP contribution < -0.4 is 5.73 Å². The number of imidazole rings is 1. The molecule has 2 rings (SSSR count). The summed E-state index contributed by atoms with van der Waals surface area (Å²) >= 11 is 0. The Morgan fingerprint density at radius 1 is 1.24 bits per heavy atom. The topological polar surface area (TPSA) is 43.8 Å². The number of anilines is 1. The Balaban J connectivity index is 2.45. The van der Waals surface area contributed by atoms with Gasteiger partial charge in [0.25, 0.3) is 0 Å². The van der Waals surface area contributed by atoms with Crippen LogP contribution in [0, 0.1) is 0 Å². The molecule has 0 bridgehead atoms. The molecule has 1 heterocycles. The zero-order chi connectivity index (χ0) is 15.6. The van der Waals surface area contributed by atoms with Gasteiger partial charge >= 0.3 is 0 Å². The second kappa shape index (κ2) is 5.76. The number of hydrogen-bond donors (Lipinski definition) is 1. The van der Waals surface area contributed by atoms with Crippen molar-refractivity contribution >= 4 is 5.82 Å². The van der Waals surface area contributed by atoms with E-state index in [0.29, 0.717) is 6.54 Å². The molecular formula is C18H25N3. The van der Waals surface area contributed by atoms with Gasteiger partial charge in [0.15, 0.2) is 0 Å². The van der Waals surface area contributed by atoms with Crippen molar-refractivity contribution in [3.63, 3.8) is 0 Å². The van der Waals surface area contributed by atoms with Gasteiger partial charge in [0.05, 0.1) is 0 Å². The molecule has 1 aromatic heterocycles. The maximum atomic E-state index is 6.27. The van der Waals surface area contributed by atoms with E-state index in [-0.39, 0.29) is 5.41 Å². The number of hydrogen-bond acceptors (Lipinski definition) is 2. The Labute approximate surface area is 127 Å². The van der Waals surface area contributed by atoms with Crippen molar-refractivity contribution in [3.05, 3.63) is 48.3 Å². The number of rotatable bonds is 4. The molecule has 0 aliphatic rings. The molecule has 0 unspecified atom stereocenters. The van der Waals surface area contributed by atoms with E-state index in [1.807, 2.05) is 10.6 Å². The summed E-state index contributed by atoms with van der Waals surface area (Å²) in [6.45, 7) is 13.2. The molecule has 0 saturated carbocycles. The van der Waals surface area contributed by atoms with E-state index < -0.39 is 0 Å². The van der Waals surface area contributed by atoms with E-state index in [9.17, 15) is 0 Å². The summed E-state index contributed by atoms with van der Waals surface area (Å²) in [7, 11) is 0. The van der Waals surface area contributed by atoms with Gasteiger partial charge in [0, 0.05) is 18.5 Å². The van der Waals surface area contributed by atoms with E-state index in [0.717, 1.165) is 29.3 Å². The Bertz CT molecular complexity index is 628. The maximum absolute atomic E-state index is 6.27. The van der Waals surface area contributed by atoms with Crippen molar-refractivity contribution < 1.29 is 0 Å². The minimum absolute atomic E-state index is 0.154. The van der Waals surface area contributed by atoms with Crippen LogP contribution in [-0.4, -0.2) is 9.55 Å². The second-order valence-corrected chi connectivity index (χ2v) is 6.34. The van der Waals surface area contributed by atoms with E-state index in [2.05, 4.69) is 58.5 Å². The zero-order valence-corrected chi connectivity index (χ0v) is 13.5. The van der Waals surface area contributed by atoms with E-state index in [1.54, 1.807) is 0 Å². The minimum atomic E-state index is 0.154. The first-order chi connectivity index (χ1) is 9.88.